The van der Waals surface area contributed by atoms with E-state index in [1.54, 1.807) is 16.4 Å². The Bertz CT molecular complexity index is 784. The van der Waals surface area contributed by atoms with Gasteiger partial charge in [-0.3, -0.25) is 0 Å². The molecule has 118 valence electrons. The van der Waals surface area contributed by atoms with Crippen molar-refractivity contribution in [3.8, 4) is 0 Å². The van der Waals surface area contributed by atoms with Crippen LogP contribution in [-0.4, -0.2) is 50.3 Å². The fraction of sp³-hybridized carbons (Fsp3) is 0.375. The highest BCUT2D eigenvalue weighted by Gasteiger charge is 2.29. The lowest BCUT2D eigenvalue weighted by Gasteiger charge is -2.33. The molecule has 3 rings (SSSR count). The molecule has 0 radical (unpaired) electrons. The van der Waals surface area contributed by atoms with E-state index in [0.29, 0.717) is 28.4 Å². The van der Waals surface area contributed by atoms with Gasteiger partial charge in [0.15, 0.2) is 0 Å². The van der Waals surface area contributed by atoms with Crippen LogP contribution in [0.2, 0.25) is 5.02 Å². The van der Waals surface area contributed by atoms with Crippen molar-refractivity contribution in [1.82, 2.24) is 9.21 Å². The van der Waals surface area contributed by atoms with Crippen LogP contribution in [0.4, 0.5) is 0 Å². The molecule has 0 N–H and O–H groups in total. The minimum absolute atomic E-state index is 0.345. The molecule has 2 aromatic rings. The normalized spacial score (nSPS) is 17.9. The molecular formula is C16H19ClN2O2S. The maximum absolute atomic E-state index is 13.0. The summed E-state index contributed by atoms with van der Waals surface area (Å²) < 4.78 is 27.5. The number of rotatable bonds is 3. The van der Waals surface area contributed by atoms with Gasteiger partial charge in [0.25, 0.3) is 0 Å². The maximum atomic E-state index is 13.0. The van der Waals surface area contributed by atoms with Crippen LogP contribution in [0.15, 0.2) is 41.3 Å². The monoisotopic (exact) mass is 338 g/mol. The van der Waals surface area contributed by atoms with Gasteiger partial charge in [0.2, 0.25) is 10.0 Å². The minimum atomic E-state index is -3.49. The molecule has 0 amide bonds. The average Bonchev–Trinajstić information content (AvgIpc) is 2.55. The molecule has 0 atom stereocenters. The van der Waals surface area contributed by atoms with Crippen LogP contribution >= 0.6 is 11.6 Å². The van der Waals surface area contributed by atoms with E-state index in [0.717, 1.165) is 25.0 Å². The van der Waals surface area contributed by atoms with Gasteiger partial charge < -0.3 is 4.90 Å². The van der Waals surface area contributed by atoms with Crippen LogP contribution in [0, 0.1) is 0 Å². The van der Waals surface area contributed by atoms with Gasteiger partial charge in [-0.1, -0.05) is 42.8 Å². The van der Waals surface area contributed by atoms with Crippen molar-refractivity contribution in [3.63, 3.8) is 0 Å². The molecule has 0 bridgehead atoms. The Balaban J connectivity index is 2.02. The van der Waals surface area contributed by atoms with Crippen LogP contribution < -0.4 is 0 Å². The van der Waals surface area contributed by atoms with Gasteiger partial charge in [0, 0.05) is 42.0 Å². The third kappa shape index (κ3) is 2.74. The number of benzene rings is 2. The highest BCUT2D eigenvalue weighted by atomic mass is 35.5. The highest BCUT2D eigenvalue weighted by Crippen LogP contribution is 2.31. The summed E-state index contributed by atoms with van der Waals surface area (Å²) in [7, 11) is -3.49. The molecule has 4 nitrogen and oxygen atoms in total. The number of likely N-dealkylation sites (N-methyl/N-ethyl adjacent to an activating group) is 1. The summed E-state index contributed by atoms with van der Waals surface area (Å²) in [6.07, 6.45) is 0. The molecular weight excluding hydrogens is 320 g/mol. The van der Waals surface area contributed by atoms with Crippen LogP contribution in [0.1, 0.15) is 6.92 Å². The first-order valence-electron chi connectivity index (χ1n) is 7.44. The van der Waals surface area contributed by atoms with Gasteiger partial charge in [-0.15, -0.1) is 0 Å². The van der Waals surface area contributed by atoms with Crippen LogP contribution in [-0.2, 0) is 10.0 Å². The molecule has 1 saturated heterocycles. The SMILES string of the molecule is CCN1CCN(S(=O)(=O)c2ccc(Cl)c3ccccc23)CC1. The second kappa shape index (κ2) is 6.16. The van der Waals surface area contributed by atoms with E-state index in [2.05, 4.69) is 11.8 Å². The molecule has 1 aliphatic rings. The average molecular weight is 339 g/mol. The zero-order valence-corrected chi connectivity index (χ0v) is 14.1. The number of nitrogens with zero attached hydrogens (tertiary/aromatic N) is 2. The summed E-state index contributed by atoms with van der Waals surface area (Å²) in [5, 5.41) is 2.04. The molecule has 1 heterocycles. The van der Waals surface area contributed by atoms with Crippen LogP contribution in [0.25, 0.3) is 10.8 Å². The van der Waals surface area contributed by atoms with E-state index >= 15 is 0 Å². The van der Waals surface area contributed by atoms with E-state index < -0.39 is 10.0 Å². The van der Waals surface area contributed by atoms with Gasteiger partial charge in [-0.2, -0.15) is 4.31 Å². The molecule has 1 aliphatic heterocycles. The largest absolute Gasteiger partial charge is 0.301 e. The maximum Gasteiger partial charge on any atom is 0.243 e. The van der Waals surface area contributed by atoms with Gasteiger partial charge in [0.05, 0.1) is 4.90 Å². The lowest BCUT2D eigenvalue weighted by molar-refractivity contribution is 0.196. The number of fused-ring (bicyclic) bond motifs is 1. The van der Waals surface area contributed by atoms with E-state index in [1.165, 1.54) is 0 Å². The van der Waals surface area contributed by atoms with Crippen molar-refractivity contribution < 1.29 is 8.42 Å². The highest BCUT2D eigenvalue weighted by molar-refractivity contribution is 7.89. The number of hydrogen-bond donors (Lipinski definition) is 0. The lowest BCUT2D eigenvalue weighted by atomic mass is 10.1. The van der Waals surface area contributed by atoms with Gasteiger partial charge >= 0.3 is 0 Å². The minimum Gasteiger partial charge on any atom is -0.301 e. The summed E-state index contributed by atoms with van der Waals surface area (Å²) in [6, 6.07) is 10.7. The van der Waals surface area contributed by atoms with Crippen molar-refractivity contribution in [3.05, 3.63) is 41.4 Å². The quantitative estimate of drug-likeness (QED) is 0.864. The Kier molecular flexibility index (Phi) is 4.41. The van der Waals surface area contributed by atoms with Gasteiger partial charge in [0.1, 0.15) is 0 Å². The summed E-state index contributed by atoms with van der Waals surface area (Å²) in [4.78, 5) is 2.60. The zero-order chi connectivity index (χ0) is 15.7. The van der Waals surface area contributed by atoms with E-state index in [-0.39, 0.29) is 0 Å². The summed E-state index contributed by atoms with van der Waals surface area (Å²) in [6.45, 7) is 5.68. The molecule has 6 heteroatoms. The molecule has 2 aromatic carbocycles. The number of piperazine rings is 1. The van der Waals surface area contributed by atoms with Crippen molar-refractivity contribution in [1.29, 1.82) is 0 Å². The standard InChI is InChI=1S/C16H19ClN2O2S/c1-2-18-9-11-19(12-10-18)22(20,21)16-8-7-15(17)13-5-3-4-6-14(13)16/h3-8H,2,9-12H2,1H3. The molecule has 0 aliphatic carbocycles. The van der Waals surface area contributed by atoms with Crippen LogP contribution in [0.3, 0.4) is 0 Å². The summed E-state index contributed by atoms with van der Waals surface area (Å²) >= 11 is 6.19. The van der Waals surface area contributed by atoms with Crippen molar-refractivity contribution in [2.75, 3.05) is 32.7 Å². The van der Waals surface area contributed by atoms with Crippen molar-refractivity contribution >= 4 is 32.4 Å². The molecule has 1 fully saturated rings. The van der Waals surface area contributed by atoms with Crippen molar-refractivity contribution in [2.24, 2.45) is 0 Å². The third-order valence-corrected chi connectivity index (χ3v) is 6.51. The Morgan fingerprint density at radius 1 is 1.00 bits per heavy atom. The topological polar surface area (TPSA) is 40.6 Å². The first-order chi connectivity index (χ1) is 10.5. The fourth-order valence-corrected chi connectivity index (χ4v) is 4.73. The fourth-order valence-electron chi connectivity index (χ4n) is 2.88. The van der Waals surface area contributed by atoms with Crippen molar-refractivity contribution in [2.45, 2.75) is 11.8 Å². The Morgan fingerprint density at radius 2 is 1.64 bits per heavy atom. The molecule has 0 spiro atoms. The summed E-state index contributed by atoms with van der Waals surface area (Å²) in [5.74, 6) is 0. The first-order valence-corrected chi connectivity index (χ1v) is 9.25. The summed E-state index contributed by atoms with van der Waals surface area (Å²) in [5.41, 5.74) is 0. The third-order valence-electron chi connectivity index (χ3n) is 4.23. The number of hydrogen-bond acceptors (Lipinski definition) is 3. The second-order valence-corrected chi connectivity index (χ2v) is 7.74. The van der Waals surface area contributed by atoms with Gasteiger partial charge in [-0.05, 0) is 18.7 Å². The zero-order valence-electron chi connectivity index (χ0n) is 12.5. The molecule has 0 saturated carbocycles. The van der Waals surface area contributed by atoms with E-state index in [4.69, 9.17) is 11.6 Å². The number of sulfonamides is 1. The number of halogens is 1. The molecule has 0 aromatic heterocycles. The van der Waals surface area contributed by atoms with Gasteiger partial charge in [-0.25, -0.2) is 8.42 Å². The second-order valence-electron chi connectivity index (χ2n) is 5.43. The molecule has 22 heavy (non-hydrogen) atoms. The van der Waals surface area contributed by atoms with E-state index in [9.17, 15) is 8.42 Å². The predicted octanol–water partition coefficient (Wildman–Crippen LogP) is 2.82. The Labute approximate surface area is 136 Å². The predicted molar refractivity (Wildman–Crippen MR) is 89.8 cm³/mol. The smallest absolute Gasteiger partial charge is 0.243 e. The lowest BCUT2D eigenvalue weighted by Crippen LogP contribution is -2.48. The van der Waals surface area contributed by atoms with E-state index in [1.807, 2.05) is 24.3 Å². The van der Waals surface area contributed by atoms with Crippen LogP contribution in [0.5, 0.6) is 0 Å². The Morgan fingerprint density at radius 3 is 2.27 bits per heavy atom. The first kappa shape index (κ1) is 15.7. The Hall–Kier alpha value is -1.14. The molecule has 0 unspecified atom stereocenters.